The fraction of sp³-hybridized carbons (Fsp3) is 0.800. The number of hydrogen-bond acceptors (Lipinski definition) is 6. The standard InChI is InChI=1S/2C11H20N2O2.C8H14N2O2.4H2S/c2*1-3-5-8-6-10(14)13(7-8)9(4-2)11(12)15;1-2-6(8(9)12)10-5-3-4-7(10)11;;;;/h2*8-9H,3-7H2,1-2H3,(H2,12,15);6H,2-5H2,1H3,(H2,9,12);4*1H2/t8-,9+;8-,9-;6-;;;;/m100..../s1. The summed E-state index contributed by atoms with van der Waals surface area (Å²) in [6.45, 7) is 11.9. The van der Waals surface area contributed by atoms with E-state index >= 15 is 0 Å². The number of nitrogens with zero attached hydrogens (tertiary/aromatic N) is 3. The third kappa shape index (κ3) is 15.4. The molecular formula is C30H62N6O6S4. The van der Waals surface area contributed by atoms with Crippen LogP contribution in [0.25, 0.3) is 0 Å². The van der Waals surface area contributed by atoms with E-state index in [4.69, 9.17) is 17.2 Å². The minimum atomic E-state index is -0.403. The van der Waals surface area contributed by atoms with Gasteiger partial charge in [-0.3, -0.25) is 28.8 Å². The first kappa shape index (κ1) is 51.1. The quantitative estimate of drug-likeness (QED) is 0.260. The molecule has 0 aromatic carbocycles. The summed E-state index contributed by atoms with van der Waals surface area (Å²) in [7, 11) is 0. The first-order chi connectivity index (χ1) is 19.9. The maximum absolute atomic E-state index is 11.7. The lowest BCUT2D eigenvalue weighted by molar-refractivity contribution is -0.136. The lowest BCUT2D eigenvalue weighted by Crippen LogP contribution is -2.45. The molecule has 6 N–H and O–H groups in total. The van der Waals surface area contributed by atoms with Crippen LogP contribution in [0.5, 0.6) is 0 Å². The molecule has 46 heavy (non-hydrogen) atoms. The summed E-state index contributed by atoms with van der Waals surface area (Å²) < 4.78 is 0. The average Bonchev–Trinajstić information content (AvgIpc) is 3.60. The number of carbonyl (C=O) groups is 6. The van der Waals surface area contributed by atoms with E-state index in [1.807, 2.05) is 20.8 Å². The highest BCUT2D eigenvalue weighted by atomic mass is 32.1. The van der Waals surface area contributed by atoms with Gasteiger partial charge in [0.15, 0.2) is 0 Å². The Labute approximate surface area is 303 Å². The highest BCUT2D eigenvalue weighted by molar-refractivity contribution is 7.59. The van der Waals surface area contributed by atoms with Crippen molar-refractivity contribution in [3.8, 4) is 0 Å². The summed E-state index contributed by atoms with van der Waals surface area (Å²) in [4.78, 5) is 72.7. The first-order valence-corrected chi connectivity index (χ1v) is 15.6. The molecule has 0 aromatic rings. The van der Waals surface area contributed by atoms with Crippen LogP contribution in [0, 0.1) is 11.8 Å². The highest BCUT2D eigenvalue weighted by Gasteiger charge is 2.36. The van der Waals surface area contributed by atoms with Crippen molar-refractivity contribution in [3.63, 3.8) is 0 Å². The molecule has 3 aliphatic heterocycles. The Hall–Kier alpha value is -1.78. The Morgan fingerprint density at radius 3 is 1.17 bits per heavy atom. The van der Waals surface area contributed by atoms with Gasteiger partial charge < -0.3 is 31.9 Å². The van der Waals surface area contributed by atoms with E-state index in [0.717, 1.165) is 32.1 Å². The Bertz CT molecular complexity index is 911. The summed E-state index contributed by atoms with van der Waals surface area (Å²) in [6.07, 6.45) is 8.68. The molecule has 0 radical (unpaired) electrons. The van der Waals surface area contributed by atoms with Gasteiger partial charge in [0.1, 0.15) is 18.1 Å². The van der Waals surface area contributed by atoms with Crippen molar-refractivity contribution < 1.29 is 28.8 Å². The van der Waals surface area contributed by atoms with Crippen LogP contribution < -0.4 is 17.2 Å². The van der Waals surface area contributed by atoms with Crippen molar-refractivity contribution in [2.24, 2.45) is 29.0 Å². The van der Waals surface area contributed by atoms with Gasteiger partial charge in [-0.2, -0.15) is 54.0 Å². The zero-order chi connectivity index (χ0) is 32.0. The maximum Gasteiger partial charge on any atom is 0.240 e. The van der Waals surface area contributed by atoms with Crippen LogP contribution in [0.1, 0.15) is 105 Å². The molecule has 6 amide bonds. The molecule has 16 heteroatoms. The van der Waals surface area contributed by atoms with Gasteiger partial charge in [-0.15, -0.1) is 0 Å². The molecule has 3 fully saturated rings. The Morgan fingerprint density at radius 1 is 0.609 bits per heavy atom. The Kier molecular flexibility index (Phi) is 29.1. The smallest absolute Gasteiger partial charge is 0.240 e. The SMILES string of the molecule is CCC[C@@H]1CC(=O)N([C@@H](CC)C(N)=O)C1.CCC[C@H]1CC(=O)N([C@@H](CC)C(N)=O)C1.CC[C@@H](C(N)=O)N1CCCC1=O.S.S.S.S. The van der Waals surface area contributed by atoms with Crippen LogP contribution in [0.3, 0.4) is 0 Å². The van der Waals surface area contributed by atoms with E-state index in [-0.39, 0.29) is 89.6 Å². The molecule has 3 saturated heterocycles. The lowest BCUT2D eigenvalue weighted by atomic mass is 10.0. The highest BCUT2D eigenvalue weighted by Crippen LogP contribution is 2.26. The monoisotopic (exact) mass is 730 g/mol. The largest absolute Gasteiger partial charge is 0.368 e. The fourth-order valence-corrected chi connectivity index (χ4v) is 6.15. The van der Waals surface area contributed by atoms with Crippen LogP contribution in [-0.2, 0) is 28.8 Å². The Balaban J connectivity index is -0.000000277. The van der Waals surface area contributed by atoms with Gasteiger partial charge in [0.2, 0.25) is 35.4 Å². The van der Waals surface area contributed by atoms with Crippen LogP contribution in [0.4, 0.5) is 0 Å². The summed E-state index contributed by atoms with van der Waals surface area (Å²) in [5.74, 6) is -0.121. The molecule has 5 atom stereocenters. The molecular weight excluding hydrogens is 669 g/mol. The van der Waals surface area contributed by atoms with Gasteiger partial charge in [0.25, 0.3) is 0 Å². The number of likely N-dealkylation sites (tertiary alicyclic amines) is 3. The number of amides is 6. The minimum absolute atomic E-state index is 0. The minimum Gasteiger partial charge on any atom is -0.368 e. The average molecular weight is 731 g/mol. The zero-order valence-corrected chi connectivity index (χ0v) is 32.3. The second kappa shape index (κ2) is 26.2. The Morgan fingerprint density at radius 2 is 0.935 bits per heavy atom. The molecule has 0 aromatic heterocycles. The molecule has 0 unspecified atom stereocenters. The second-order valence-electron chi connectivity index (χ2n) is 11.5. The molecule has 3 heterocycles. The molecule has 0 bridgehead atoms. The van der Waals surface area contributed by atoms with Gasteiger partial charge in [-0.1, -0.05) is 47.5 Å². The van der Waals surface area contributed by atoms with E-state index in [1.54, 1.807) is 14.7 Å². The van der Waals surface area contributed by atoms with E-state index < -0.39 is 18.0 Å². The first-order valence-electron chi connectivity index (χ1n) is 15.6. The van der Waals surface area contributed by atoms with Crippen molar-refractivity contribution in [3.05, 3.63) is 0 Å². The number of rotatable bonds is 13. The molecule has 272 valence electrons. The van der Waals surface area contributed by atoms with Crippen LogP contribution in [0.2, 0.25) is 0 Å². The molecule has 0 spiro atoms. The third-order valence-electron chi connectivity index (χ3n) is 8.25. The third-order valence-corrected chi connectivity index (χ3v) is 8.25. The predicted octanol–water partition coefficient (Wildman–Crippen LogP) is 2.12. The van der Waals surface area contributed by atoms with E-state index in [1.165, 1.54) is 0 Å². The normalized spacial score (nSPS) is 20.3. The van der Waals surface area contributed by atoms with E-state index in [9.17, 15) is 28.8 Å². The summed E-state index contributed by atoms with van der Waals surface area (Å²) in [5.41, 5.74) is 15.7. The van der Waals surface area contributed by atoms with Gasteiger partial charge in [-0.25, -0.2) is 0 Å². The number of carbonyl (C=O) groups excluding carboxylic acids is 6. The van der Waals surface area contributed by atoms with Gasteiger partial charge in [0, 0.05) is 38.9 Å². The number of primary amides is 3. The van der Waals surface area contributed by atoms with Crippen LogP contribution >= 0.6 is 54.0 Å². The van der Waals surface area contributed by atoms with E-state index in [2.05, 4.69) is 13.8 Å². The second-order valence-corrected chi connectivity index (χ2v) is 11.5. The molecule has 3 rings (SSSR count). The number of hydrogen-bond donors (Lipinski definition) is 3. The van der Waals surface area contributed by atoms with Crippen molar-refractivity contribution in [1.82, 2.24) is 14.7 Å². The summed E-state index contributed by atoms with van der Waals surface area (Å²) in [5, 5.41) is 0. The molecule has 0 aliphatic carbocycles. The van der Waals surface area contributed by atoms with Crippen molar-refractivity contribution >= 4 is 89.4 Å². The molecule has 0 saturated carbocycles. The predicted molar refractivity (Wildman–Crippen MR) is 202 cm³/mol. The number of nitrogens with two attached hydrogens (primary N) is 3. The van der Waals surface area contributed by atoms with Crippen molar-refractivity contribution in [2.45, 2.75) is 123 Å². The zero-order valence-electron chi connectivity index (χ0n) is 28.3. The van der Waals surface area contributed by atoms with Gasteiger partial charge >= 0.3 is 0 Å². The molecule has 12 nitrogen and oxygen atoms in total. The van der Waals surface area contributed by atoms with E-state index in [0.29, 0.717) is 70.0 Å². The topological polar surface area (TPSA) is 190 Å². The fourth-order valence-electron chi connectivity index (χ4n) is 6.15. The molecule has 3 aliphatic rings. The lowest BCUT2D eigenvalue weighted by Gasteiger charge is -2.24. The summed E-state index contributed by atoms with van der Waals surface area (Å²) in [6, 6.07) is -1.20. The van der Waals surface area contributed by atoms with Gasteiger partial charge in [0.05, 0.1) is 0 Å². The summed E-state index contributed by atoms with van der Waals surface area (Å²) >= 11 is 0. The van der Waals surface area contributed by atoms with Crippen molar-refractivity contribution in [1.29, 1.82) is 0 Å². The maximum atomic E-state index is 11.7. The van der Waals surface area contributed by atoms with Gasteiger partial charge in [-0.05, 0) is 50.4 Å². The van der Waals surface area contributed by atoms with Crippen LogP contribution in [0.15, 0.2) is 0 Å². The van der Waals surface area contributed by atoms with Crippen molar-refractivity contribution in [2.75, 3.05) is 19.6 Å². The van der Waals surface area contributed by atoms with Crippen LogP contribution in [-0.4, -0.2) is 87.9 Å².